The van der Waals surface area contributed by atoms with Crippen LogP contribution in [0.5, 0.6) is 0 Å². The first-order chi connectivity index (χ1) is 49.8. The lowest BCUT2D eigenvalue weighted by molar-refractivity contribution is -0.379. The number of carbonyl (C=O) groups excluding carboxylic acids is 1. The predicted molar refractivity (Wildman–Crippen MR) is 406 cm³/mol. The maximum Gasteiger partial charge on any atom is 0.220 e. The smallest absolute Gasteiger partial charge is 0.220 e. The molecule has 12 N–H and O–H groups in total. The van der Waals surface area contributed by atoms with E-state index in [2.05, 4.69) is 67.8 Å². The van der Waals surface area contributed by atoms with Crippen molar-refractivity contribution in [3.63, 3.8) is 0 Å². The maximum atomic E-state index is 13.5. The molecule has 3 saturated heterocycles. The van der Waals surface area contributed by atoms with Crippen molar-refractivity contribution in [3.8, 4) is 0 Å². The van der Waals surface area contributed by atoms with Gasteiger partial charge in [0, 0.05) is 6.42 Å². The van der Waals surface area contributed by atoms with E-state index in [9.17, 15) is 61.0 Å². The highest BCUT2D eigenvalue weighted by Gasteiger charge is 2.54. The number of hydrogen-bond donors (Lipinski definition) is 12. The van der Waals surface area contributed by atoms with E-state index in [0.717, 1.165) is 51.4 Å². The van der Waals surface area contributed by atoms with Gasteiger partial charge >= 0.3 is 0 Å². The second-order valence-corrected chi connectivity index (χ2v) is 29.6. The van der Waals surface area contributed by atoms with Crippen LogP contribution in [-0.2, 0) is 33.2 Å². The molecule has 596 valence electrons. The molecular formula is C83H151NO18. The van der Waals surface area contributed by atoms with Gasteiger partial charge in [0.1, 0.15) is 73.2 Å². The number of nitrogens with one attached hydrogen (secondary N) is 1. The molecule has 3 fully saturated rings. The summed E-state index contributed by atoms with van der Waals surface area (Å²) in [5, 5.41) is 121. The summed E-state index contributed by atoms with van der Waals surface area (Å²) in [5.41, 5.74) is 0. The van der Waals surface area contributed by atoms with Crippen molar-refractivity contribution in [1.82, 2.24) is 5.32 Å². The first kappa shape index (κ1) is 93.7. The molecule has 0 aromatic rings. The molecule has 17 unspecified atom stereocenters. The second-order valence-electron chi connectivity index (χ2n) is 29.6. The molecule has 102 heavy (non-hydrogen) atoms. The number of unbranched alkanes of at least 4 members (excludes halogenated alkanes) is 42. The zero-order valence-corrected chi connectivity index (χ0v) is 63.8. The Morgan fingerprint density at radius 1 is 0.353 bits per heavy atom. The minimum Gasteiger partial charge on any atom is -0.394 e. The van der Waals surface area contributed by atoms with Gasteiger partial charge in [0.05, 0.1) is 38.6 Å². The van der Waals surface area contributed by atoms with Crippen LogP contribution in [0.25, 0.3) is 0 Å². The summed E-state index contributed by atoms with van der Waals surface area (Å²) in [6.45, 7) is 1.74. The Morgan fingerprint density at radius 2 is 0.657 bits per heavy atom. The van der Waals surface area contributed by atoms with Crippen molar-refractivity contribution in [2.24, 2.45) is 0 Å². The van der Waals surface area contributed by atoms with Gasteiger partial charge in [-0.25, -0.2) is 0 Å². The number of aliphatic hydroxyl groups is 11. The van der Waals surface area contributed by atoms with Gasteiger partial charge in [-0.2, -0.15) is 0 Å². The van der Waals surface area contributed by atoms with Crippen LogP contribution >= 0.6 is 0 Å². The Balaban J connectivity index is 1.35. The Bertz CT molecular complexity index is 2080. The van der Waals surface area contributed by atoms with Crippen molar-refractivity contribution in [1.29, 1.82) is 0 Å². The van der Waals surface area contributed by atoms with E-state index in [1.54, 1.807) is 6.08 Å². The number of ether oxygens (including phenoxy) is 6. The minimum atomic E-state index is -1.98. The average molecular weight is 1450 g/mol. The van der Waals surface area contributed by atoms with Gasteiger partial charge in [-0.15, -0.1) is 0 Å². The zero-order valence-electron chi connectivity index (χ0n) is 63.8. The summed E-state index contributed by atoms with van der Waals surface area (Å²) < 4.78 is 34.4. The van der Waals surface area contributed by atoms with Gasteiger partial charge in [-0.05, 0) is 77.0 Å². The molecule has 0 aromatic carbocycles. The molecule has 0 aliphatic carbocycles. The Labute approximate surface area is 617 Å². The van der Waals surface area contributed by atoms with Gasteiger partial charge in [-0.1, -0.05) is 306 Å². The topological polar surface area (TPSA) is 307 Å². The third-order valence-corrected chi connectivity index (χ3v) is 20.5. The highest BCUT2D eigenvalue weighted by Crippen LogP contribution is 2.33. The average Bonchev–Trinajstić information content (AvgIpc) is 0.781. The number of amides is 1. The van der Waals surface area contributed by atoms with E-state index in [1.807, 2.05) is 6.08 Å². The van der Waals surface area contributed by atoms with Crippen molar-refractivity contribution in [3.05, 3.63) is 60.8 Å². The summed E-state index contributed by atoms with van der Waals surface area (Å²) in [5.74, 6) is -0.285. The molecule has 17 atom stereocenters. The van der Waals surface area contributed by atoms with E-state index in [1.165, 1.54) is 244 Å². The highest BCUT2D eigenvalue weighted by molar-refractivity contribution is 5.76. The van der Waals surface area contributed by atoms with Gasteiger partial charge in [-0.3, -0.25) is 4.79 Å². The molecular weight excluding hydrogens is 1300 g/mol. The van der Waals surface area contributed by atoms with E-state index < -0.39 is 124 Å². The first-order valence-corrected chi connectivity index (χ1v) is 41.5. The summed E-state index contributed by atoms with van der Waals surface area (Å²) in [6, 6.07) is -0.998. The van der Waals surface area contributed by atoms with Gasteiger partial charge < -0.3 is 89.9 Å². The highest BCUT2D eigenvalue weighted by atomic mass is 16.8. The van der Waals surface area contributed by atoms with E-state index >= 15 is 0 Å². The van der Waals surface area contributed by atoms with E-state index in [-0.39, 0.29) is 18.9 Å². The number of rotatable bonds is 66. The lowest BCUT2D eigenvalue weighted by Crippen LogP contribution is -2.66. The van der Waals surface area contributed by atoms with Gasteiger partial charge in [0.25, 0.3) is 0 Å². The summed E-state index contributed by atoms with van der Waals surface area (Å²) in [7, 11) is 0. The molecule has 0 radical (unpaired) electrons. The van der Waals surface area contributed by atoms with Crippen LogP contribution in [0.4, 0.5) is 0 Å². The fraction of sp³-hybridized carbons (Fsp3) is 0.867. The number of allylic oxidation sites excluding steroid dienone is 9. The molecule has 0 bridgehead atoms. The van der Waals surface area contributed by atoms with Crippen molar-refractivity contribution in [2.45, 2.75) is 433 Å². The largest absolute Gasteiger partial charge is 0.394 e. The van der Waals surface area contributed by atoms with E-state index in [4.69, 9.17) is 28.4 Å². The van der Waals surface area contributed by atoms with Crippen LogP contribution in [0.15, 0.2) is 60.8 Å². The van der Waals surface area contributed by atoms with Crippen LogP contribution in [-0.4, -0.2) is 193 Å². The normalized spacial score (nSPS) is 26.5. The SMILES string of the molecule is CCCCCCC/C=C\C/C=C\CCCCCCCCCCCCCCCCCCCCCCCCCC(=O)NC(COC1OC(CO)C(OC2OC(CO)C(OC3OC(CO)C(O)C(O)C3O)C(O)C2O)C(O)C1O)C(O)/C=C/CC/C=C/CC/C=C/CCCCCCCCCCCCCC. The van der Waals surface area contributed by atoms with Crippen LogP contribution in [0.3, 0.4) is 0 Å². The second kappa shape index (κ2) is 63.4. The third-order valence-electron chi connectivity index (χ3n) is 20.5. The molecule has 3 aliphatic rings. The summed E-state index contributed by atoms with van der Waals surface area (Å²) in [6.07, 6.45) is 55.1. The predicted octanol–water partition coefficient (Wildman–Crippen LogP) is 14.2. The van der Waals surface area contributed by atoms with Gasteiger partial charge in [0.2, 0.25) is 5.91 Å². The molecule has 19 nitrogen and oxygen atoms in total. The molecule has 3 heterocycles. The van der Waals surface area contributed by atoms with Gasteiger partial charge in [0.15, 0.2) is 18.9 Å². The first-order valence-electron chi connectivity index (χ1n) is 41.5. The fourth-order valence-electron chi connectivity index (χ4n) is 13.8. The van der Waals surface area contributed by atoms with Crippen LogP contribution in [0.1, 0.15) is 328 Å². The third kappa shape index (κ3) is 42.9. The van der Waals surface area contributed by atoms with Crippen molar-refractivity contribution >= 4 is 5.91 Å². The lowest BCUT2D eigenvalue weighted by atomic mass is 9.96. The molecule has 0 spiro atoms. The monoisotopic (exact) mass is 1450 g/mol. The fourth-order valence-corrected chi connectivity index (χ4v) is 13.8. The quantitative estimate of drug-likeness (QED) is 0.0199. The van der Waals surface area contributed by atoms with Crippen LogP contribution in [0.2, 0.25) is 0 Å². The van der Waals surface area contributed by atoms with Crippen LogP contribution < -0.4 is 5.32 Å². The summed E-state index contributed by atoms with van der Waals surface area (Å²) in [4.78, 5) is 13.5. The van der Waals surface area contributed by atoms with Crippen LogP contribution in [0, 0.1) is 0 Å². The molecule has 0 saturated carbocycles. The Morgan fingerprint density at radius 3 is 1.04 bits per heavy atom. The molecule has 3 aliphatic heterocycles. The Kier molecular flexibility index (Phi) is 58.3. The lowest BCUT2D eigenvalue weighted by Gasteiger charge is -2.48. The van der Waals surface area contributed by atoms with E-state index in [0.29, 0.717) is 12.8 Å². The van der Waals surface area contributed by atoms with Crippen molar-refractivity contribution < 1.29 is 89.4 Å². The number of aliphatic hydroxyl groups excluding tert-OH is 11. The molecule has 19 heteroatoms. The molecule has 3 rings (SSSR count). The standard InChI is InChI=1S/C83H151NO18/c1-3-5-7-9-11-13-15-17-19-21-23-25-27-28-29-30-31-32-33-34-35-36-37-38-39-41-43-45-47-49-51-53-55-57-59-61-71(89)84-66(67(88)60-58-56-54-52-50-48-46-44-42-40-26-24-22-20-18-16-14-12-10-8-6-4-2)65-97-81-77(95)74(92)79(69(63-86)99-81)102-83-78(96)75(93)80(70(64-87)100-83)101-82-76(94)73(91)72(90)68(62-85)98-82/h15,17,21,23,42,44,50,52,58,60,66-70,72-83,85-88,90-96H,3-14,16,18-20,22,24-41,43,45-49,51,53-57,59,61-65H2,1-2H3,(H,84,89)/b17-15-,23-21-,44-42+,52-50+,60-58+. The summed E-state index contributed by atoms with van der Waals surface area (Å²) >= 11 is 0. The maximum absolute atomic E-state index is 13.5. The Hall–Kier alpha value is -2.51. The number of hydrogen-bond acceptors (Lipinski definition) is 18. The molecule has 0 aromatic heterocycles. The minimum absolute atomic E-state index is 0.234. The zero-order chi connectivity index (χ0) is 73.9. The number of carbonyl (C=O) groups is 1. The van der Waals surface area contributed by atoms with Crippen molar-refractivity contribution in [2.75, 3.05) is 26.4 Å². The molecule has 1 amide bonds.